The zero-order chi connectivity index (χ0) is 5.15. The third-order valence-electron chi connectivity index (χ3n) is 0.616. The molecule has 1 nitrogen and oxygen atoms in total. The molecule has 6 heavy (non-hydrogen) atoms. The summed E-state index contributed by atoms with van der Waals surface area (Å²) >= 11 is 5.64. The fourth-order valence-electron chi connectivity index (χ4n) is 0. The Morgan fingerprint density at radius 1 is 1.50 bits per heavy atom. The molecule has 0 fully saturated rings. The van der Waals surface area contributed by atoms with E-state index in [9.17, 15) is 0 Å². The van der Waals surface area contributed by atoms with Crippen LogP contribution in [0.25, 0.3) is 0 Å². The molecule has 0 atom stereocenters. The zero-order valence-corrected chi connectivity index (χ0v) is 6.08. The van der Waals surface area contributed by atoms with Crippen LogP contribution in [0.4, 0.5) is 0 Å². The minimum atomic E-state index is -0.646. The molecule has 0 aromatic heterocycles. The molecule has 0 heterocycles. The van der Waals surface area contributed by atoms with E-state index in [1.807, 2.05) is 25.2 Å². The van der Waals surface area contributed by atoms with Crippen molar-refractivity contribution in [1.29, 1.82) is 0 Å². The minimum Gasteiger partial charge on any atom is -0.318 e. The van der Waals surface area contributed by atoms with Gasteiger partial charge in [0.1, 0.15) is 0 Å². The standard InChI is InChI=1S/C3H9ClNSi/c1-5(2)6(3)4/h1-3H3. The molecule has 37 valence electrons. The van der Waals surface area contributed by atoms with Gasteiger partial charge in [-0.2, -0.15) is 0 Å². The Hall–Kier alpha value is 0.467. The lowest BCUT2D eigenvalue weighted by atomic mass is 11.3. The van der Waals surface area contributed by atoms with Gasteiger partial charge in [-0.25, -0.2) is 0 Å². The van der Waals surface area contributed by atoms with E-state index in [1.54, 1.807) is 0 Å². The third kappa shape index (κ3) is 2.69. The first kappa shape index (κ1) is 6.47. The van der Waals surface area contributed by atoms with E-state index in [0.717, 1.165) is 0 Å². The topological polar surface area (TPSA) is 3.24 Å². The molecule has 0 unspecified atom stereocenters. The Kier molecular flexibility index (Phi) is 2.81. The van der Waals surface area contributed by atoms with Gasteiger partial charge in [-0.1, -0.05) is 0 Å². The van der Waals surface area contributed by atoms with Crippen LogP contribution in [-0.4, -0.2) is 26.9 Å². The predicted octanol–water partition coefficient (Wildman–Crippen LogP) is 0.905. The quantitative estimate of drug-likeness (QED) is 0.369. The maximum absolute atomic E-state index is 5.64. The molecule has 0 saturated carbocycles. The maximum atomic E-state index is 5.64. The van der Waals surface area contributed by atoms with Crippen molar-refractivity contribution in [1.82, 2.24) is 4.57 Å². The first-order valence-electron chi connectivity index (χ1n) is 1.81. The number of hydrogen-bond acceptors (Lipinski definition) is 1. The van der Waals surface area contributed by atoms with Crippen LogP contribution in [0.5, 0.6) is 0 Å². The van der Waals surface area contributed by atoms with Gasteiger partial charge in [-0.05, 0) is 20.6 Å². The summed E-state index contributed by atoms with van der Waals surface area (Å²) < 4.78 is 2.03. The summed E-state index contributed by atoms with van der Waals surface area (Å²) in [5.74, 6) is 0. The second-order valence-corrected chi connectivity index (χ2v) is 4.92. The molecule has 0 amide bonds. The molecule has 0 spiro atoms. The van der Waals surface area contributed by atoms with Crippen molar-refractivity contribution in [3.05, 3.63) is 0 Å². The van der Waals surface area contributed by atoms with Gasteiger partial charge in [0, 0.05) is 0 Å². The average molecular weight is 123 g/mol. The highest BCUT2D eigenvalue weighted by Crippen LogP contribution is 1.88. The zero-order valence-electron chi connectivity index (χ0n) is 4.33. The second kappa shape index (κ2) is 2.61. The smallest absolute Gasteiger partial charge is 0.248 e. The van der Waals surface area contributed by atoms with Crippen molar-refractivity contribution in [2.45, 2.75) is 6.55 Å². The van der Waals surface area contributed by atoms with Gasteiger partial charge in [-0.3, -0.25) is 0 Å². The van der Waals surface area contributed by atoms with Gasteiger partial charge in [0.25, 0.3) is 0 Å². The normalized spacial score (nSPS) is 11.0. The minimum absolute atomic E-state index is 0.646. The highest BCUT2D eigenvalue weighted by molar-refractivity contribution is 7.04. The summed E-state index contributed by atoms with van der Waals surface area (Å²) in [7, 11) is 3.33. The van der Waals surface area contributed by atoms with Crippen LogP contribution in [0, 0.1) is 0 Å². The van der Waals surface area contributed by atoms with E-state index in [0.29, 0.717) is 0 Å². The largest absolute Gasteiger partial charge is 0.318 e. The Balaban J connectivity index is 2.99. The Bertz CT molecular complexity index is 31.8. The lowest BCUT2D eigenvalue weighted by molar-refractivity contribution is 0.658. The Morgan fingerprint density at radius 3 is 1.67 bits per heavy atom. The Labute approximate surface area is 45.3 Å². The average Bonchev–Trinajstić information content (AvgIpc) is 1.36. The van der Waals surface area contributed by atoms with E-state index in [-0.39, 0.29) is 0 Å². The lowest BCUT2D eigenvalue weighted by Crippen LogP contribution is -2.22. The van der Waals surface area contributed by atoms with Crippen molar-refractivity contribution in [3.8, 4) is 0 Å². The first-order valence-corrected chi connectivity index (χ1v) is 4.77. The van der Waals surface area contributed by atoms with Gasteiger partial charge < -0.3 is 4.57 Å². The summed E-state index contributed by atoms with van der Waals surface area (Å²) in [6.07, 6.45) is 0. The highest BCUT2D eigenvalue weighted by Gasteiger charge is 1.98. The van der Waals surface area contributed by atoms with Gasteiger partial charge in [0.15, 0.2) is 0 Å². The molecule has 0 saturated heterocycles. The van der Waals surface area contributed by atoms with Crippen LogP contribution in [0.2, 0.25) is 6.55 Å². The molecular weight excluding hydrogens is 114 g/mol. The fraction of sp³-hybridized carbons (Fsp3) is 1.00. The molecule has 0 aliphatic rings. The van der Waals surface area contributed by atoms with Crippen molar-refractivity contribution >= 4 is 19.3 Å². The van der Waals surface area contributed by atoms with E-state index in [1.165, 1.54) is 0 Å². The molecule has 0 N–H and O–H groups in total. The van der Waals surface area contributed by atoms with Crippen LogP contribution < -0.4 is 0 Å². The molecule has 0 aliphatic heterocycles. The lowest BCUT2D eigenvalue weighted by Gasteiger charge is -2.06. The van der Waals surface area contributed by atoms with Crippen molar-refractivity contribution in [2.24, 2.45) is 0 Å². The van der Waals surface area contributed by atoms with Crippen molar-refractivity contribution in [2.75, 3.05) is 14.1 Å². The summed E-state index contributed by atoms with van der Waals surface area (Å²) in [5.41, 5.74) is 0. The molecule has 0 aromatic rings. The van der Waals surface area contributed by atoms with Crippen LogP contribution >= 0.6 is 11.1 Å². The summed E-state index contributed by atoms with van der Waals surface area (Å²) in [4.78, 5) is 0. The first-order chi connectivity index (χ1) is 2.64. The molecule has 0 bridgehead atoms. The third-order valence-corrected chi connectivity index (χ3v) is 2.86. The van der Waals surface area contributed by atoms with E-state index < -0.39 is 8.27 Å². The number of halogens is 1. The summed E-state index contributed by atoms with van der Waals surface area (Å²) in [6.45, 7) is 2.03. The van der Waals surface area contributed by atoms with Crippen molar-refractivity contribution in [3.63, 3.8) is 0 Å². The SMILES string of the molecule is CN(C)[Si](C)Cl. The monoisotopic (exact) mass is 122 g/mol. The van der Waals surface area contributed by atoms with Gasteiger partial charge in [0.2, 0.25) is 8.27 Å². The number of nitrogens with zero attached hydrogens (tertiary/aromatic N) is 1. The molecule has 0 aromatic carbocycles. The van der Waals surface area contributed by atoms with Gasteiger partial charge in [0.05, 0.1) is 0 Å². The summed E-state index contributed by atoms with van der Waals surface area (Å²) in [6, 6.07) is 0. The molecule has 1 radical (unpaired) electrons. The van der Waals surface area contributed by atoms with Crippen LogP contribution in [-0.2, 0) is 0 Å². The molecular formula is C3H9ClNSi. The number of rotatable bonds is 1. The maximum Gasteiger partial charge on any atom is 0.248 e. The highest BCUT2D eigenvalue weighted by atomic mass is 35.6. The van der Waals surface area contributed by atoms with Crippen molar-refractivity contribution < 1.29 is 0 Å². The van der Waals surface area contributed by atoms with Gasteiger partial charge >= 0.3 is 0 Å². The van der Waals surface area contributed by atoms with Crippen LogP contribution in [0.3, 0.4) is 0 Å². The molecule has 0 rings (SSSR count). The second-order valence-electron chi connectivity index (χ2n) is 1.39. The fourth-order valence-corrected chi connectivity index (χ4v) is 0. The predicted molar refractivity (Wildman–Crippen MR) is 31.2 cm³/mol. The van der Waals surface area contributed by atoms with E-state index in [2.05, 4.69) is 0 Å². The van der Waals surface area contributed by atoms with E-state index >= 15 is 0 Å². The Morgan fingerprint density at radius 2 is 1.67 bits per heavy atom. The molecule has 3 heteroatoms. The molecule has 0 aliphatic carbocycles. The number of hydrogen-bond donors (Lipinski definition) is 0. The van der Waals surface area contributed by atoms with Gasteiger partial charge in [-0.15, -0.1) is 11.1 Å². The van der Waals surface area contributed by atoms with E-state index in [4.69, 9.17) is 11.1 Å². The van der Waals surface area contributed by atoms with Crippen LogP contribution in [0.15, 0.2) is 0 Å². The van der Waals surface area contributed by atoms with Crippen LogP contribution in [0.1, 0.15) is 0 Å². The summed E-state index contributed by atoms with van der Waals surface area (Å²) in [5, 5.41) is 0.